The Morgan fingerprint density at radius 2 is 0.944 bits per heavy atom. The summed E-state index contributed by atoms with van der Waals surface area (Å²) in [5.74, 6) is -10.1. The fourth-order valence-electron chi connectivity index (χ4n) is 4.07. The molecule has 8 bridgehead atoms. The summed E-state index contributed by atoms with van der Waals surface area (Å²) in [5.41, 5.74) is 3.13. The molecule has 6 rings (SSSR count). The third kappa shape index (κ3) is 4.08. The Balaban J connectivity index is 0.00000267. The van der Waals surface area contributed by atoms with Crippen LogP contribution in [0.3, 0.4) is 0 Å². The van der Waals surface area contributed by atoms with E-state index in [1.54, 1.807) is 30.4 Å². The van der Waals surface area contributed by atoms with Crippen LogP contribution in [0.1, 0.15) is 22.8 Å². The molecule has 0 saturated heterocycles. The van der Waals surface area contributed by atoms with Gasteiger partial charge in [0.1, 0.15) is 0 Å². The maximum absolute atomic E-state index is 14.7. The molecule has 2 N–H and O–H groups in total. The summed E-state index contributed by atoms with van der Waals surface area (Å²) in [5, 5.41) is 0. The molecule has 1 aromatic carbocycles. The van der Waals surface area contributed by atoms with Crippen LogP contribution in [-0.4, -0.2) is 19.9 Å². The van der Waals surface area contributed by atoms with Gasteiger partial charge in [0.25, 0.3) is 0 Å². The van der Waals surface area contributed by atoms with Gasteiger partial charge in [0.05, 0.1) is 28.3 Å². The van der Waals surface area contributed by atoms with Crippen LogP contribution in [0.2, 0.25) is 0 Å². The molecular weight excluding hydrogens is 570 g/mol. The second-order valence-electron chi connectivity index (χ2n) is 8.03. The van der Waals surface area contributed by atoms with Crippen molar-refractivity contribution in [2.45, 2.75) is 0 Å². The van der Waals surface area contributed by atoms with Crippen molar-refractivity contribution >= 4 is 46.4 Å². The van der Waals surface area contributed by atoms with Crippen LogP contribution in [0.4, 0.5) is 22.0 Å². The van der Waals surface area contributed by atoms with Crippen molar-refractivity contribution in [1.29, 1.82) is 0 Å². The Bertz CT molecular complexity index is 1740. The average Bonchev–Trinajstić information content (AvgIpc) is 3.62. The number of aromatic nitrogens is 4. The van der Waals surface area contributed by atoms with E-state index in [0.717, 1.165) is 11.0 Å². The van der Waals surface area contributed by atoms with Crippen molar-refractivity contribution in [3.63, 3.8) is 0 Å². The van der Waals surface area contributed by atoms with E-state index < -0.39 is 34.6 Å². The molecule has 0 atom stereocenters. The topological polar surface area (TPSA) is 57.4 Å². The summed E-state index contributed by atoms with van der Waals surface area (Å²) in [6.45, 7) is 0. The summed E-state index contributed by atoms with van der Waals surface area (Å²) in [6, 6.07) is 11.8. The minimum absolute atomic E-state index is 0. The smallest absolute Gasteiger partial charge is 0.200 e. The minimum Gasteiger partial charge on any atom is -0.355 e. The molecule has 5 heterocycles. The molecule has 10 heteroatoms. The fourth-order valence-corrected chi connectivity index (χ4v) is 4.07. The van der Waals surface area contributed by atoms with Gasteiger partial charge in [-0.2, -0.15) is 0 Å². The normalized spacial score (nSPS) is 12.1. The number of aromatic amines is 2. The zero-order chi connectivity index (χ0) is 24.3. The molecule has 0 spiro atoms. The SMILES string of the molecule is Fc1c(F)c(F)c(-c2cc3cc4nc(cc5ccc(cc6nc(cc2[nH]3)C=C6)[nH]5)C=C4)c(F)c1F.[Pd]. The van der Waals surface area contributed by atoms with Gasteiger partial charge in [0.15, 0.2) is 23.3 Å². The Morgan fingerprint density at radius 3 is 1.47 bits per heavy atom. The largest absolute Gasteiger partial charge is 0.355 e. The maximum atomic E-state index is 14.7. The van der Waals surface area contributed by atoms with Crippen LogP contribution in [0.25, 0.3) is 57.5 Å². The molecule has 36 heavy (non-hydrogen) atoms. The molecule has 0 aliphatic carbocycles. The predicted octanol–water partition coefficient (Wildman–Crippen LogP) is 7.02. The molecular formula is C26H13F5N4Pd. The van der Waals surface area contributed by atoms with E-state index in [0.29, 0.717) is 28.3 Å². The van der Waals surface area contributed by atoms with Crippen molar-refractivity contribution in [3.05, 3.63) is 94.3 Å². The molecule has 4 aromatic rings. The van der Waals surface area contributed by atoms with Crippen molar-refractivity contribution in [1.82, 2.24) is 19.9 Å². The van der Waals surface area contributed by atoms with Crippen LogP contribution in [0.5, 0.6) is 0 Å². The third-order valence-corrected chi connectivity index (χ3v) is 5.65. The van der Waals surface area contributed by atoms with Gasteiger partial charge in [-0.25, -0.2) is 31.9 Å². The molecule has 0 unspecified atom stereocenters. The number of fused-ring (bicyclic) bond motifs is 8. The quantitative estimate of drug-likeness (QED) is 0.0948. The molecule has 4 nitrogen and oxygen atoms in total. The number of rotatable bonds is 1. The molecule has 2 aliphatic rings. The van der Waals surface area contributed by atoms with Gasteiger partial charge in [-0.15, -0.1) is 0 Å². The first-order chi connectivity index (χ1) is 16.9. The van der Waals surface area contributed by atoms with E-state index in [1.807, 2.05) is 24.3 Å². The molecule has 3 aromatic heterocycles. The average molecular weight is 583 g/mol. The van der Waals surface area contributed by atoms with Crippen molar-refractivity contribution in [2.75, 3.05) is 0 Å². The van der Waals surface area contributed by atoms with Crippen LogP contribution in [-0.2, 0) is 20.4 Å². The number of benzene rings is 1. The monoisotopic (exact) mass is 582 g/mol. The zero-order valence-corrected chi connectivity index (χ0v) is 19.5. The summed E-state index contributed by atoms with van der Waals surface area (Å²) in [7, 11) is 0. The summed E-state index contributed by atoms with van der Waals surface area (Å²) in [6.07, 6.45) is 6.95. The molecule has 0 saturated carbocycles. The van der Waals surface area contributed by atoms with Gasteiger partial charge in [-0.05, 0) is 66.8 Å². The summed E-state index contributed by atoms with van der Waals surface area (Å²) in [4.78, 5) is 15.2. The fraction of sp³-hybridized carbons (Fsp3) is 0. The van der Waals surface area contributed by atoms with E-state index in [4.69, 9.17) is 0 Å². The predicted molar refractivity (Wildman–Crippen MR) is 124 cm³/mol. The van der Waals surface area contributed by atoms with Gasteiger partial charge in [0.2, 0.25) is 5.82 Å². The number of nitrogens with one attached hydrogen (secondary N) is 2. The first-order valence-corrected chi connectivity index (χ1v) is 10.5. The van der Waals surface area contributed by atoms with Gasteiger partial charge >= 0.3 is 0 Å². The van der Waals surface area contributed by atoms with Crippen molar-refractivity contribution in [2.24, 2.45) is 0 Å². The number of halogens is 5. The zero-order valence-electron chi connectivity index (χ0n) is 18.0. The van der Waals surface area contributed by atoms with E-state index in [-0.39, 0.29) is 31.5 Å². The minimum atomic E-state index is -2.21. The van der Waals surface area contributed by atoms with Gasteiger partial charge < -0.3 is 9.97 Å². The number of hydrogen-bond donors (Lipinski definition) is 2. The van der Waals surface area contributed by atoms with Crippen LogP contribution >= 0.6 is 0 Å². The van der Waals surface area contributed by atoms with Gasteiger partial charge in [-0.3, -0.25) is 0 Å². The standard InChI is InChI=1S/C26H13F5N4.Pd/c27-22-21(23(28)25(30)26(31)24(22)29)19-10-18-9-16-4-3-14(33-16)7-12-1-2-13(32-12)8-15-5-6-17(34-15)11-20(19)35-18;/h1-11,32,35H;. The molecule has 0 amide bonds. The first kappa shape index (κ1) is 23.9. The van der Waals surface area contributed by atoms with E-state index >= 15 is 0 Å². The number of hydrogen-bond acceptors (Lipinski definition) is 2. The number of H-pyrrole nitrogens is 2. The maximum Gasteiger partial charge on any atom is 0.200 e. The Labute approximate surface area is 213 Å². The van der Waals surface area contributed by atoms with Crippen molar-refractivity contribution < 1.29 is 42.4 Å². The van der Waals surface area contributed by atoms with Crippen LogP contribution < -0.4 is 0 Å². The van der Waals surface area contributed by atoms with Gasteiger partial charge in [-0.1, -0.05) is 0 Å². The third-order valence-electron chi connectivity index (χ3n) is 5.65. The number of nitrogens with zero attached hydrogens (tertiary/aromatic N) is 2. The second kappa shape index (κ2) is 8.97. The molecule has 0 fully saturated rings. The molecule has 0 radical (unpaired) electrons. The van der Waals surface area contributed by atoms with E-state index in [2.05, 4.69) is 19.9 Å². The summed E-state index contributed by atoms with van der Waals surface area (Å²) < 4.78 is 70.9. The van der Waals surface area contributed by atoms with E-state index in [9.17, 15) is 22.0 Å². The Kier molecular flexibility index (Phi) is 5.94. The van der Waals surface area contributed by atoms with Gasteiger partial charge in [0, 0.05) is 48.1 Å². The molecule has 182 valence electrons. The van der Waals surface area contributed by atoms with Crippen LogP contribution in [0.15, 0.2) is 42.5 Å². The van der Waals surface area contributed by atoms with Crippen LogP contribution in [0, 0.1) is 29.1 Å². The summed E-state index contributed by atoms with van der Waals surface area (Å²) >= 11 is 0. The first-order valence-electron chi connectivity index (χ1n) is 10.5. The van der Waals surface area contributed by atoms with E-state index in [1.165, 1.54) is 12.1 Å². The Hall–Kier alpha value is -3.87. The second-order valence-corrected chi connectivity index (χ2v) is 8.03. The van der Waals surface area contributed by atoms with Crippen molar-refractivity contribution in [3.8, 4) is 11.1 Å². The Morgan fingerprint density at radius 1 is 0.500 bits per heavy atom. The molecule has 2 aliphatic heterocycles.